The third-order valence-corrected chi connectivity index (χ3v) is 3.02. The van der Waals surface area contributed by atoms with Gasteiger partial charge in [-0.3, -0.25) is 9.59 Å². The lowest BCUT2D eigenvalue weighted by Gasteiger charge is -2.13. The summed E-state index contributed by atoms with van der Waals surface area (Å²) in [6.07, 6.45) is 0.678. The molecule has 0 saturated carbocycles. The van der Waals surface area contributed by atoms with E-state index in [0.29, 0.717) is 30.9 Å². The molecule has 2 amide bonds. The Balaban J connectivity index is 2.19. The minimum absolute atomic E-state index is 0.170. The maximum absolute atomic E-state index is 11.8. The molecule has 1 aliphatic heterocycles. The van der Waals surface area contributed by atoms with Gasteiger partial charge >= 0.3 is 0 Å². The Kier molecular flexibility index (Phi) is 4.01. The zero-order valence-corrected chi connectivity index (χ0v) is 10.5. The van der Waals surface area contributed by atoms with Crippen molar-refractivity contribution in [3.05, 3.63) is 29.3 Å². The second kappa shape index (κ2) is 5.71. The van der Waals surface area contributed by atoms with Gasteiger partial charge in [-0.2, -0.15) is 0 Å². The van der Waals surface area contributed by atoms with E-state index in [0.717, 1.165) is 5.56 Å². The van der Waals surface area contributed by atoms with Crippen molar-refractivity contribution in [1.29, 1.82) is 0 Å². The zero-order valence-electron chi connectivity index (χ0n) is 10.5. The first kappa shape index (κ1) is 13.4. The molecule has 0 aliphatic carbocycles. The second-order valence-electron chi connectivity index (χ2n) is 4.47. The SMILES string of the molecule is NC(=O)CCC(N)c1ccc2c(c1)C(=O)NCCO2. The standard InChI is InChI=1S/C13H17N3O3/c14-10(2-4-12(15)17)8-1-3-11-9(7-8)13(18)16-5-6-19-11/h1,3,7,10H,2,4-6,14H2,(H2,15,17)(H,16,18). The number of hydrogen-bond donors (Lipinski definition) is 3. The molecular formula is C13H17N3O3. The summed E-state index contributed by atoms with van der Waals surface area (Å²) >= 11 is 0. The fourth-order valence-electron chi connectivity index (χ4n) is 1.97. The first-order valence-corrected chi connectivity index (χ1v) is 6.17. The van der Waals surface area contributed by atoms with Gasteiger partial charge in [0.25, 0.3) is 5.91 Å². The molecule has 1 aliphatic rings. The molecule has 0 fully saturated rings. The molecule has 1 unspecified atom stereocenters. The molecule has 19 heavy (non-hydrogen) atoms. The van der Waals surface area contributed by atoms with Crippen molar-refractivity contribution in [2.45, 2.75) is 18.9 Å². The molecular weight excluding hydrogens is 246 g/mol. The highest BCUT2D eigenvalue weighted by Gasteiger charge is 2.18. The Bertz CT molecular complexity index is 502. The summed E-state index contributed by atoms with van der Waals surface area (Å²) in [5.74, 6) is 0.00332. The van der Waals surface area contributed by atoms with E-state index in [1.54, 1.807) is 12.1 Å². The minimum atomic E-state index is -0.383. The molecule has 1 atom stereocenters. The third-order valence-electron chi connectivity index (χ3n) is 3.02. The first-order chi connectivity index (χ1) is 9.08. The lowest BCUT2D eigenvalue weighted by atomic mass is 9.99. The zero-order chi connectivity index (χ0) is 13.8. The van der Waals surface area contributed by atoms with Crippen molar-refractivity contribution in [3.63, 3.8) is 0 Å². The quantitative estimate of drug-likeness (QED) is 0.714. The van der Waals surface area contributed by atoms with E-state index in [4.69, 9.17) is 16.2 Å². The number of primary amides is 1. The van der Waals surface area contributed by atoms with Gasteiger partial charge in [0.15, 0.2) is 0 Å². The summed E-state index contributed by atoms with van der Waals surface area (Å²) in [5, 5.41) is 2.74. The summed E-state index contributed by atoms with van der Waals surface area (Å²) in [6.45, 7) is 0.933. The summed E-state index contributed by atoms with van der Waals surface area (Å²) in [6, 6.07) is 4.93. The molecule has 0 aromatic heterocycles. The van der Waals surface area contributed by atoms with E-state index in [9.17, 15) is 9.59 Å². The Morgan fingerprint density at radius 2 is 2.26 bits per heavy atom. The predicted molar refractivity (Wildman–Crippen MR) is 69.6 cm³/mol. The number of fused-ring (bicyclic) bond motifs is 1. The highest BCUT2D eigenvalue weighted by Crippen LogP contribution is 2.25. The largest absolute Gasteiger partial charge is 0.491 e. The highest BCUT2D eigenvalue weighted by atomic mass is 16.5. The number of ether oxygens (including phenoxy) is 1. The number of rotatable bonds is 4. The lowest BCUT2D eigenvalue weighted by molar-refractivity contribution is -0.118. The van der Waals surface area contributed by atoms with Crippen LogP contribution < -0.4 is 21.5 Å². The van der Waals surface area contributed by atoms with Crippen LogP contribution in [0.5, 0.6) is 5.75 Å². The summed E-state index contributed by atoms with van der Waals surface area (Å²) in [5.41, 5.74) is 12.3. The fraction of sp³-hybridized carbons (Fsp3) is 0.385. The van der Waals surface area contributed by atoms with Crippen molar-refractivity contribution < 1.29 is 14.3 Å². The van der Waals surface area contributed by atoms with Crippen molar-refractivity contribution in [2.75, 3.05) is 13.2 Å². The molecule has 0 saturated heterocycles. The van der Waals surface area contributed by atoms with Gasteiger partial charge in [-0.1, -0.05) is 6.07 Å². The molecule has 6 nitrogen and oxygen atoms in total. The van der Waals surface area contributed by atoms with Crippen LogP contribution in [-0.2, 0) is 4.79 Å². The summed E-state index contributed by atoms with van der Waals surface area (Å²) in [4.78, 5) is 22.6. The second-order valence-corrected chi connectivity index (χ2v) is 4.47. The number of nitrogens with two attached hydrogens (primary N) is 2. The highest BCUT2D eigenvalue weighted by molar-refractivity contribution is 5.97. The van der Waals surface area contributed by atoms with Crippen LogP contribution in [0.1, 0.15) is 34.8 Å². The summed E-state index contributed by atoms with van der Waals surface area (Å²) in [7, 11) is 0. The van der Waals surface area contributed by atoms with E-state index in [1.165, 1.54) is 0 Å². The van der Waals surface area contributed by atoms with Gasteiger partial charge in [-0.15, -0.1) is 0 Å². The van der Waals surface area contributed by atoms with Crippen LogP contribution in [0, 0.1) is 0 Å². The fourth-order valence-corrected chi connectivity index (χ4v) is 1.97. The molecule has 1 heterocycles. The van der Waals surface area contributed by atoms with Gasteiger partial charge in [0, 0.05) is 12.5 Å². The molecule has 0 radical (unpaired) electrons. The molecule has 0 spiro atoms. The molecule has 102 valence electrons. The van der Waals surface area contributed by atoms with Crippen LogP contribution in [-0.4, -0.2) is 25.0 Å². The van der Waals surface area contributed by atoms with E-state index in [-0.39, 0.29) is 24.3 Å². The molecule has 6 heteroatoms. The predicted octanol–water partition coefficient (Wildman–Crippen LogP) is 0.0741. The van der Waals surface area contributed by atoms with Gasteiger partial charge in [0.1, 0.15) is 12.4 Å². The van der Waals surface area contributed by atoms with Crippen LogP contribution in [0.4, 0.5) is 0 Å². The van der Waals surface area contributed by atoms with Gasteiger partial charge in [-0.25, -0.2) is 0 Å². The van der Waals surface area contributed by atoms with Gasteiger partial charge in [0.2, 0.25) is 5.91 Å². The molecule has 1 aromatic rings. The average molecular weight is 263 g/mol. The van der Waals surface area contributed by atoms with Crippen LogP contribution >= 0.6 is 0 Å². The number of hydrogen-bond acceptors (Lipinski definition) is 4. The molecule has 2 rings (SSSR count). The molecule has 1 aromatic carbocycles. The summed E-state index contributed by atoms with van der Waals surface area (Å²) < 4.78 is 5.45. The normalized spacial score (nSPS) is 15.7. The monoisotopic (exact) mass is 263 g/mol. The van der Waals surface area contributed by atoms with Gasteiger partial charge in [-0.05, 0) is 24.1 Å². The van der Waals surface area contributed by atoms with Crippen LogP contribution in [0.3, 0.4) is 0 Å². The number of carbonyl (C=O) groups excluding carboxylic acids is 2. The maximum atomic E-state index is 11.8. The number of carbonyl (C=O) groups is 2. The van der Waals surface area contributed by atoms with Crippen LogP contribution in [0.25, 0.3) is 0 Å². The van der Waals surface area contributed by atoms with Gasteiger partial charge < -0.3 is 21.5 Å². The van der Waals surface area contributed by atoms with E-state index in [1.807, 2.05) is 6.07 Å². The van der Waals surface area contributed by atoms with E-state index in [2.05, 4.69) is 5.32 Å². The van der Waals surface area contributed by atoms with Crippen molar-refractivity contribution >= 4 is 11.8 Å². The van der Waals surface area contributed by atoms with Crippen molar-refractivity contribution in [2.24, 2.45) is 11.5 Å². The average Bonchev–Trinajstić information content (AvgIpc) is 2.58. The Morgan fingerprint density at radius 1 is 1.47 bits per heavy atom. The first-order valence-electron chi connectivity index (χ1n) is 6.17. The maximum Gasteiger partial charge on any atom is 0.255 e. The Labute approximate surface area is 111 Å². The number of amides is 2. The van der Waals surface area contributed by atoms with E-state index < -0.39 is 0 Å². The smallest absolute Gasteiger partial charge is 0.255 e. The van der Waals surface area contributed by atoms with Crippen molar-refractivity contribution in [1.82, 2.24) is 5.32 Å². The minimum Gasteiger partial charge on any atom is -0.491 e. The Morgan fingerprint density at radius 3 is 3.00 bits per heavy atom. The topological polar surface area (TPSA) is 107 Å². The Hall–Kier alpha value is -2.08. The third kappa shape index (κ3) is 3.23. The van der Waals surface area contributed by atoms with Crippen molar-refractivity contribution in [3.8, 4) is 5.75 Å². The molecule has 0 bridgehead atoms. The lowest BCUT2D eigenvalue weighted by Crippen LogP contribution is -2.24. The number of benzene rings is 1. The van der Waals surface area contributed by atoms with Gasteiger partial charge in [0.05, 0.1) is 12.1 Å². The van der Waals surface area contributed by atoms with Crippen LogP contribution in [0.15, 0.2) is 18.2 Å². The number of nitrogens with one attached hydrogen (secondary N) is 1. The van der Waals surface area contributed by atoms with Crippen LogP contribution in [0.2, 0.25) is 0 Å². The van der Waals surface area contributed by atoms with E-state index >= 15 is 0 Å². The molecule has 5 N–H and O–H groups in total.